The van der Waals surface area contributed by atoms with E-state index in [2.05, 4.69) is 20.1 Å². The van der Waals surface area contributed by atoms with Crippen LogP contribution >= 0.6 is 0 Å². The van der Waals surface area contributed by atoms with Crippen molar-refractivity contribution >= 4 is 11.5 Å². The van der Waals surface area contributed by atoms with Crippen molar-refractivity contribution in [3.63, 3.8) is 0 Å². The minimum Gasteiger partial charge on any atom is -0.443 e. The number of hydrogen-bond acceptors (Lipinski definition) is 7. The first-order chi connectivity index (χ1) is 10.9. The molecule has 0 bridgehead atoms. The molecule has 2 atom stereocenters. The Balaban J connectivity index is 1.83. The van der Waals surface area contributed by atoms with Crippen LogP contribution < -0.4 is 5.73 Å². The van der Waals surface area contributed by atoms with Crippen molar-refractivity contribution in [1.82, 2.24) is 24.6 Å². The Morgan fingerprint density at radius 2 is 2.26 bits per heavy atom. The van der Waals surface area contributed by atoms with Gasteiger partial charge in [-0.15, -0.1) is 0 Å². The first-order valence-electron chi connectivity index (χ1n) is 7.59. The predicted molar refractivity (Wildman–Crippen MR) is 82.6 cm³/mol. The van der Waals surface area contributed by atoms with Gasteiger partial charge in [-0.05, 0) is 33.1 Å². The number of aliphatic hydroxyl groups is 1. The monoisotopic (exact) mass is 314 g/mol. The summed E-state index contributed by atoms with van der Waals surface area (Å²) in [6.45, 7) is 3.73. The third-order valence-electron chi connectivity index (χ3n) is 4.46. The summed E-state index contributed by atoms with van der Waals surface area (Å²) in [5.74, 6) is 1.52. The number of rotatable bonds is 2. The van der Waals surface area contributed by atoms with E-state index in [1.807, 2.05) is 13.8 Å². The molecule has 3 aromatic rings. The molecule has 3 N–H and O–H groups in total. The van der Waals surface area contributed by atoms with Gasteiger partial charge in [0, 0.05) is 5.92 Å². The van der Waals surface area contributed by atoms with Gasteiger partial charge in [-0.1, -0.05) is 0 Å². The summed E-state index contributed by atoms with van der Waals surface area (Å²) in [6, 6.07) is 0. The molecule has 1 fully saturated rings. The number of aromatic nitrogens is 5. The molecule has 3 heterocycles. The summed E-state index contributed by atoms with van der Waals surface area (Å²) in [5.41, 5.74) is 7.24. The van der Waals surface area contributed by atoms with Gasteiger partial charge < -0.3 is 15.3 Å². The van der Waals surface area contributed by atoms with Gasteiger partial charge in [0.2, 0.25) is 5.89 Å². The molecular formula is C15H18N6O2. The minimum absolute atomic E-state index is 0.133. The fourth-order valence-electron chi connectivity index (χ4n) is 3.24. The van der Waals surface area contributed by atoms with Crippen LogP contribution in [0.4, 0.5) is 5.82 Å². The van der Waals surface area contributed by atoms with E-state index in [1.54, 1.807) is 10.7 Å². The maximum atomic E-state index is 10.2. The molecule has 1 aliphatic carbocycles. The summed E-state index contributed by atoms with van der Waals surface area (Å²) in [7, 11) is 0. The van der Waals surface area contributed by atoms with Gasteiger partial charge in [-0.2, -0.15) is 5.10 Å². The fourth-order valence-corrected chi connectivity index (χ4v) is 3.24. The lowest BCUT2D eigenvalue weighted by atomic mass is 10.0. The van der Waals surface area contributed by atoms with Gasteiger partial charge in [-0.25, -0.2) is 19.5 Å². The Hall–Kier alpha value is -2.48. The van der Waals surface area contributed by atoms with E-state index >= 15 is 0 Å². The van der Waals surface area contributed by atoms with Crippen LogP contribution in [0.25, 0.3) is 17.2 Å². The van der Waals surface area contributed by atoms with Crippen LogP contribution in [0.15, 0.2) is 16.9 Å². The van der Waals surface area contributed by atoms with Gasteiger partial charge in [-0.3, -0.25) is 0 Å². The SMILES string of the molecule is Cc1c(-c2ncco2)nc(N)c2nc(C3CCC(C)(O)C3)nn12. The number of nitrogens with two attached hydrogens (primary N) is 1. The van der Waals surface area contributed by atoms with Gasteiger partial charge in [0.05, 0.1) is 17.5 Å². The molecule has 0 saturated heterocycles. The molecule has 23 heavy (non-hydrogen) atoms. The number of anilines is 1. The summed E-state index contributed by atoms with van der Waals surface area (Å²) in [5, 5.41) is 14.8. The molecule has 4 rings (SSSR count). The molecule has 0 aromatic carbocycles. The van der Waals surface area contributed by atoms with Crippen LogP contribution in [0.2, 0.25) is 0 Å². The van der Waals surface area contributed by atoms with Crippen molar-refractivity contribution in [1.29, 1.82) is 0 Å². The lowest BCUT2D eigenvalue weighted by Gasteiger charge is -2.14. The third kappa shape index (κ3) is 2.26. The second kappa shape index (κ2) is 4.76. The maximum Gasteiger partial charge on any atom is 0.246 e. The topological polar surface area (TPSA) is 115 Å². The van der Waals surface area contributed by atoms with Crippen molar-refractivity contribution in [2.45, 2.75) is 44.6 Å². The van der Waals surface area contributed by atoms with Crippen LogP contribution in [0.1, 0.15) is 43.6 Å². The average molecular weight is 314 g/mol. The zero-order valence-corrected chi connectivity index (χ0v) is 13.0. The Kier molecular flexibility index (Phi) is 2.92. The Labute approximate surface area is 132 Å². The van der Waals surface area contributed by atoms with Gasteiger partial charge in [0.25, 0.3) is 0 Å². The number of nitrogen functional groups attached to an aromatic ring is 1. The predicted octanol–water partition coefficient (Wildman–Crippen LogP) is 1.69. The average Bonchev–Trinajstić information content (AvgIpc) is 3.21. The minimum atomic E-state index is -0.649. The molecule has 2 unspecified atom stereocenters. The van der Waals surface area contributed by atoms with Crippen LogP contribution in [0.5, 0.6) is 0 Å². The maximum absolute atomic E-state index is 10.2. The number of oxazole rings is 1. The highest BCUT2D eigenvalue weighted by molar-refractivity contribution is 5.66. The molecule has 1 saturated carbocycles. The van der Waals surface area contributed by atoms with Crippen LogP contribution in [0.3, 0.4) is 0 Å². The van der Waals surface area contributed by atoms with E-state index < -0.39 is 5.60 Å². The number of aryl methyl sites for hydroxylation is 1. The van der Waals surface area contributed by atoms with Crippen LogP contribution in [-0.2, 0) is 0 Å². The van der Waals surface area contributed by atoms with Crippen molar-refractivity contribution < 1.29 is 9.52 Å². The summed E-state index contributed by atoms with van der Waals surface area (Å²) in [6.07, 6.45) is 5.32. The van der Waals surface area contributed by atoms with E-state index in [0.29, 0.717) is 29.5 Å². The molecule has 8 nitrogen and oxygen atoms in total. The summed E-state index contributed by atoms with van der Waals surface area (Å²) in [4.78, 5) is 13.0. The lowest BCUT2D eigenvalue weighted by Crippen LogP contribution is -2.18. The Morgan fingerprint density at radius 1 is 1.43 bits per heavy atom. The van der Waals surface area contributed by atoms with Gasteiger partial charge in [0.1, 0.15) is 12.0 Å². The largest absolute Gasteiger partial charge is 0.443 e. The fraction of sp³-hybridized carbons (Fsp3) is 0.467. The molecule has 3 aromatic heterocycles. The standard InChI is InChI=1S/C15H18N6O2/c1-8-10(14-17-5-6-23-14)18-11(16)13-19-12(20-21(8)13)9-3-4-15(2,22)7-9/h5-6,9,22H,3-4,7H2,1-2H3,(H2,16,18). The lowest BCUT2D eigenvalue weighted by molar-refractivity contribution is 0.0662. The molecule has 120 valence electrons. The van der Waals surface area contributed by atoms with E-state index in [9.17, 15) is 5.11 Å². The first kappa shape index (κ1) is 14.1. The Morgan fingerprint density at radius 3 is 2.91 bits per heavy atom. The third-order valence-corrected chi connectivity index (χ3v) is 4.46. The highest BCUT2D eigenvalue weighted by Crippen LogP contribution is 2.39. The van der Waals surface area contributed by atoms with E-state index in [0.717, 1.165) is 18.5 Å². The van der Waals surface area contributed by atoms with E-state index in [4.69, 9.17) is 10.2 Å². The Bertz CT molecular complexity index is 868. The highest BCUT2D eigenvalue weighted by Gasteiger charge is 2.36. The van der Waals surface area contributed by atoms with Crippen molar-refractivity contribution in [2.75, 3.05) is 5.73 Å². The normalized spacial score (nSPS) is 24.6. The van der Waals surface area contributed by atoms with E-state index in [1.165, 1.54) is 6.26 Å². The van der Waals surface area contributed by atoms with Crippen LogP contribution in [0, 0.1) is 6.92 Å². The molecule has 8 heteroatoms. The van der Waals surface area contributed by atoms with E-state index in [-0.39, 0.29) is 11.7 Å². The zero-order valence-electron chi connectivity index (χ0n) is 13.0. The first-order valence-corrected chi connectivity index (χ1v) is 7.59. The molecule has 0 spiro atoms. The summed E-state index contributed by atoms with van der Waals surface area (Å²) >= 11 is 0. The quantitative estimate of drug-likeness (QED) is 0.739. The summed E-state index contributed by atoms with van der Waals surface area (Å²) < 4.78 is 7.00. The zero-order chi connectivity index (χ0) is 16.2. The van der Waals surface area contributed by atoms with Crippen molar-refractivity contribution in [3.05, 3.63) is 24.0 Å². The molecule has 1 aliphatic rings. The van der Waals surface area contributed by atoms with Gasteiger partial charge in [0.15, 0.2) is 17.3 Å². The second-order valence-corrected chi connectivity index (χ2v) is 6.41. The highest BCUT2D eigenvalue weighted by atomic mass is 16.3. The molecule has 0 amide bonds. The second-order valence-electron chi connectivity index (χ2n) is 6.41. The van der Waals surface area contributed by atoms with Crippen LogP contribution in [-0.4, -0.2) is 35.3 Å². The molecule has 0 radical (unpaired) electrons. The van der Waals surface area contributed by atoms with Crippen molar-refractivity contribution in [2.24, 2.45) is 0 Å². The number of fused-ring (bicyclic) bond motifs is 1. The van der Waals surface area contributed by atoms with Crippen molar-refractivity contribution in [3.8, 4) is 11.6 Å². The number of nitrogens with zero attached hydrogens (tertiary/aromatic N) is 5. The number of hydrogen-bond donors (Lipinski definition) is 2. The van der Waals surface area contributed by atoms with Gasteiger partial charge >= 0.3 is 0 Å². The smallest absolute Gasteiger partial charge is 0.246 e. The molecular weight excluding hydrogens is 296 g/mol. The molecule has 0 aliphatic heterocycles.